The van der Waals surface area contributed by atoms with E-state index >= 15 is 0 Å². The number of ether oxygens (including phenoxy) is 1. The standard InChI is InChI=1S/C12H16O2/c1-12(2,14-3)8-10-5-4-6-11(7-10)9-13/h4-7,9H,8H2,1-3H3. The van der Waals surface area contributed by atoms with Crippen LogP contribution >= 0.6 is 0 Å². The molecule has 0 heterocycles. The zero-order valence-electron chi connectivity index (χ0n) is 8.91. The van der Waals surface area contributed by atoms with Crippen LogP contribution in [0.3, 0.4) is 0 Å². The van der Waals surface area contributed by atoms with Gasteiger partial charge in [0.2, 0.25) is 0 Å². The van der Waals surface area contributed by atoms with Crippen molar-refractivity contribution in [1.29, 1.82) is 0 Å². The number of aldehydes is 1. The average molecular weight is 192 g/mol. The molecule has 1 rings (SSSR count). The minimum Gasteiger partial charge on any atom is -0.378 e. The summed E-state index contributed by atoms with van der Waals surface area (Å²) >= 11 is 0. The van der Waals surface area contributed by atoms with Gasteiger partial charge in [-0.15, -0.1) is 0 Å². The second kappa shape index (κ2) is 4.38. The molecule has 0 aliphatic heterocycles. The average Bonchev–Trinajstić information content (AvgIpc) is 2.17. The molecular weight excluding hydrogens is 176 g/mol. The van der Waals surface area contributed by atoms with Crippen LogP contribution in [0.2, 0.25) is 0 Å². The summed E-state index contributed by atoms with van der Waals surface area (Å²) in [7, 11) is 1.70. The molecule has 0 aliphatic rings. The maximum absolute atomic E-state index is 10.6. The highest BCUT2D eigenvalue weighted by molar-refractivity contribution is 5.74. The molecule has 2 nitrogen and oxygen atoms in total. The van der Waals surface area contributed by atoms with Gasteiger partial charge in [-0.3, -0.25) is 4.79 Å². The molecule has 0 saturated heterocycles. The fourth-order valence-corrected chi connectivity index (χ4v) is 1.34. The van der Waals surface area contributed by atoms with Crippen molar-refractivity contribution >= 4 is 6.29 Å². The third kappa shape index (κ3) is 2.96. The van der Waals surface area contributed by atoms with Gasteiger partial charge in [-0.25, -0.2) is 0 Å². The zero-order chi connectivity index (χ0) is 10.6. The molecule has 2 heteroatoms. The highest BCUT2D eigenvalue weighted by Gasteiger charge is 2.16. The predicted molar refractivity (Wildman–Crippen MR) is 56.6 cm³/mol. The molecular formula is C12H16O2. The summed E-state index contributed by atoms with van der Waals surface area (Å²) in [5.74, 6) is 0. The fraction of sp³-hybridized carbons (Fsp3) is 0.417. The van der Waals surface area contributed by atoms with Crippen LogP contribution in [0.4, 0.5) is 0 Å². The van der Waals surface area contributed by atoms with E-state index in [9.17, 15) is 4.79 Å². The molecule has 0 radical (unpaired) electrons. The van der Waals surface area contributed by atoms with Gasteiger partial charge in [0, 0.05) is 19.1 Å². The summed E-state index contributed by atoms with van der Waals surface area (Å²) in [6, 6.07) is 7.60. The Morgan fingerprint density at radius 2 is 2.14 bits per heavy atom. The van der Waals surface area contributed by atoms with Gasteiger partial charge in [-0.05, 0) is 25.5 Å². The Kier molecular flexibility index (Phi) is 3.42. The van der Waals surface area contributed by atoms with E-state index in [1.165, 1.54) is 0 Å². The first-order chi connectivity index (χ1) is 6.57. The molecule has 0 amide bonds. The van der Waals surface area contributed by atoms with Crippen LogP contribution in [-0.2, 0) is 11.2 Å². The second-order valence-corrected chi connectivity index (χ2v) is 4.00. The smallest absolute Gasteiger partial charge is 0.150 e. The molecule has 0 bridgehead atoms. The molecule has 1 aromatic rings. The lowest BCUT2D eigenvalue weighted by molar-refractivity contribution is 0.0232. The highest BCUT2D eigenvalue weighted by atomic mass is 16.5. The quantitative estimate of drug-likeness (QED) is 0.685. The van der Waals surface area contributed by atoms with E-state index in [1.54, 1.807) is 13.2 Å². The fourth-order valence-electron chi connectivity index (χ4n) is 1.34. The van der Waals surface area contributed by atoms with E-state index in [2.05, 4.69) is 0 Å². The van der Waals surface area contributed by atoms with Gasteiger partial charge in [0.25, 0.3) is 0 Å². The first-order valence-corrected chi connectivity index (χ1v) is 4.67. The predicted octanol–water partition coefficient (Wildman–Crippen LogP) is 2.47. The first-order valence-electron chi connectivity index (χ1n) is 4.67. The highest BCUT2D eigenvalue weighted by Crippen LogP contribution is 2.16. The number of hydrogen-bond donors (Lipinski definition) is 0. The molecule has 0 unspecified atom stereocenters. The molecule has 0 spiro atoms. The Morgan fingerprint density at radius 3 is 2.71 bits per heavy atom. The summed E-state index contributed by atoms with van der Waals surface area (Å²) in [5, 5.41) is 0. The molecule has 0 aliphatic carbocycles. The summed E-state index contributed by atoms with van der Waals surface area (Å²) in [5.41, 5.74) is 1.66. The SMILES string of the molecule is COC(C)(C)Cc1cccc(C=O)c1. The summed E-state index contributed by atoms with van der Waals surface area (Å²) in [4.78, 5) is 10.6. The number of rotatable bonds is 4. The van der Waals surface area contributed by atoms with Crippen LogP contribution in [0, 0.1) is 0 Å². The Morgan fingerprint density at radius 1 is 1.43 bits per heavy atom. The van der Waals surface area contributed by atoms with Gasteiger partial charge in [0.05, 0.1) is 5.60 Å². The van der Waals surface area contributed by atoms with Crippen LogP contribution in [-0.4, -0.2) is 19.0 Å². The van der Waals surface area contributed by atoms with E-state index in [4.69, 9.17) is 4.74 Å². The molecule has 0 atom stereocenters. The van der Waals surface area contributed by atoms with Crippen molar-refractivity contribution in [3.05, 3.63) is 35.4 Å². The van der Waals surface area contributed by atoms with Crippen LogP contribution in [0.1, 0.15) is 29.8 Å². The van der Waals surface area contributed by atoms with Crippen molar-refractivity contribution in [2.24, 2.45) is 0 Å². The maximum Gasteiger partial charge on any atom is 0.150 e. The topological polar surface area (TPSA) is 26.3 Å². The Labute approximate surface area is 84.9 Å². The monoisotopic (exact) mass is 192 g/mol. The normalized spacial score (nSPS) is 11.4. The Balaban J connectivity index is 2.81. The largest absolute Gasteiger partial charge is 0.378 e. The van der Waals surface area contributed by atoms with E-state index in [0.717, 1.165) is 23.8 Å². The van der Waals surface area contributed by atoms with Gasteiger partial charge < -0.3 is 4.74 Å². The number of carbonyl (C=O) groups is 1. The van der Waals surface area contributed by atoms with E-state index < -0.39 is 0 Å². The van der Waals surface area contributed by atoms with Gasteiger partial charge in [0.1, 0.15) is 6.29 Å². The maximum atomic E-state index is 10.6. The van der Waals surface area contributed by atoms with E-state index in [1.807, 2.05) is 32.0 Å². The number of carbonyl (C=O) groups excluding carboxylic acids is 1. The lowest BCUT2D eigenvalue weighted by Crippen LogP contribution is -2.25. The van der Waals surface area contributed by atoms with E-state index in [0.29, 0.717) is 0 Å². The van der Waals surface area contributed by atoms with Gasteiger partial charge in [0.15, 0.2) is 0 Å². The molecule has 76 valence electrons. The second-order valence-electron chi connectivity index (χ2n) is 4.00. The number of methoxy groups -OCH3 is 1. The zero-order valence-corrected chi connectivity index (χ0v) is 8.91. The third-order valence-corrected chi connectivity index (χ3v) is 2.27. The number of benzene rings is 1. The van der Waals surface area contributed by atoms with Crippen molar-refractivity contribution in [2.75, 3.05) is 7.11 Å². The van der Waals surface area contributed by atoms with Crippen LogP contribution in [0.25, 0.3) is 0 Å². The van der Waals surface area contributed by atoms with Gasteiger partial charge in [-0.1, -0.05) is 18.2 Å². The third-order valence-electron chi connectivity index (χ3n) is 2.27. The molecule has 0 aromatic heterocycles. The minimum atomic E-state index is -0.179. The molecule has 0 saturated carbocycles. The van der Waals surface area contributed by atoms with Crippen molar-refractivity contribution in [2.45, 2.75) is 25.9 Å². The molecule has 0 N–H and O–H groups in total. The number of hydrogen-bond acceptors (Lipinski definition) is 2. The van der Waals surface area contributed by atoms with Crippen molar-refractivity contribution in [1.82, 2.24) is 0 Å². The lowest BCUT2D eigenvalue weighted by atomic mass is 9.97. The van der Waals surface area contributed by atoms with Crippen molar-refractivity contribution in [3.63, 3.8) is 0 Å². The lowest BCUT2D eigenvalue weighted by Gasteiger charge is -2.22. The van der Waals surface area contributed by atoms with Crippen LogP contribution < -0.4 is 0 Å². The van der Waals surface area contributed by atoms with Crippen LogP contribution in [0.15, 0.2) is 24.3 Å². The molecule has 1 aromatic carbocycles. The van der Waals surface area contributed by atoms with Gasteiger partial charge >= 0.3 is 0 Å². The van der Waals surface area contributed by atoms with Gasteiger partial charge in [-0.2, -0.15) is 0 Å². The minimum absolute atomic E-state index is 0.179. The molecule has 14 heavy (non-hydrogen) atoms. The summed E-state index contributed by atoms with van der Waals surface area (Å²) < 4.78 is 5.33. The summed E-state index contributed by atoms with van der Waals surface area (Å²) in [6.07, 6.45) is 1.68. The first kappa shape index (κ1) is 10.9. The molecule has 0 fully saturated rings. The van der Waals surface area contributed by atoms with Crippen molar-refractivity contribution in [3.8, 4) is 0 Å². The Hall–Kier alpha value is -1.15. The van der Waals surface area contributed by atoms with Crippen LogP contribution in [0.5, 0.6) is 0 Å². The van der Waals surface area contributed by atoms with E-state index in [-0.39, 0.29) is 5.60 Å². The Bertz CT molecular complexity index is 316. The summed E-state index contributed by atoms with van der Waals surface area (Å²) in [6.45, 7) is 4.06. The van der Waals surface area contributed by atoms with Crippen molar-refractivity contribution < 1.29 is 9.53 Å².